The number of carbonyl (C=O) groups excluding carboxylic acids is 1. The first-order valence-electron chi connectivity index (χ1n) is 9.63. The molecule has 1 aliphatic rings. The van der Waals surface area contributed by atoms with E-state index in [2.05, 4.69) is 35.1 Å². The number of rotatable bonds is 5. The summed E-state index contributed by atoms with van der Waals surface area (Å²) < 4.78 is 0. The number of aromatic nitrogens is 4. The SMILES string of the molecule is Cc1ccccc1CNC(=O)c1ccnc(N2CCN(c3ncccn3)CC2)n1. The lowest BCUT2D eigenvalue weighted by atomic mass is 10.1. The monoisotopic (exact) mass is 389 g/mol. The van der Waals surface area contributed by atoms with E-state index >= 15 is 0 Å². The minimum Gasteiger partial charge on any atom is -0.347 e. The van der Waals surface area contributed by atoms with Gasteiger partial charge in [0.1, 0.15) is 5.69 Å². The number of hydrogen-bond acceptors (Lipinski definition) is 7. The highest BCUT2D eigenvalue weighted by molar-refractivity contribution is 5.92. The lowest BCUT2D eigenvalue weighted by Crippen LogP contribution is -2.47. The molecule has 1 saturated heterocycles. The first-order valence-corrected chi connectivity index (χ1v) is 9.63. The van der Waals surface area contributed by atoms with Gasteiger partial charge in [-0.15, -0.1) is 0 Å². The van der Waals surface area contributed by atoms with Gasteiger partial charge >= 0.3 is 0 Å². The summed E-state index contributed by atoms with van der Waals surface area (Å²) in [5.41, 5.74) is 2.61. The van der Waals surface area contributed by atoms with Gasteiger partial charge in [0, 0.05) is 51.3 Å². The zero-order valence-corrected chi connectivity index (χ0v) is 16.3. The molecule has 1 aliphatic heterocycles. The van der Waals surface area contributed by atoms with Crippen LogP contribution in [0.3, 0.4) is 0 Å². The Morgan fingerprint density at radius 1 is 0.897 bits per heavy atom. The number of aryl methyl sites for hydroxylation is 1. The molecular formula is C21H23N7O. The molecule has 2 aromatic heterocycles. The highest BCUT2D eigenvalue weighted by Gasteiger charge is 2.21. The van der Waals surface area contributed by atoms with Crippen molar-refractivity contribution in [1.82, 2.24) is 25.3 Å². The Labute approximate surface area is 169 Å². The Kier molecular flexibility index (Phi) is 5.60. The van der Waals surface area contributed by atoms with Crippen molar-refractivity contribution in [2.24, 2.45) is 0 Å². The molecule has 0 spiro atoms. The third-order valence-electron chi connectivity index (χ3n) is 4.97. The van der Waals surface area contributed by atoms with Crippen molar-refractivity contribution in [3.05, 3.63) is 71.8 Å². The molecule has 3 aromatic rings. The van der Waals surface area contributed by atoms with Crippen LogP contribution in [0.15, 0.2) is 55.0 Å². The van der Waals surface area contributed by atoms with Gasteiger partial charge in [-0.1, -0.05) is 24.3 Å². The van der Waals surface area contributed by atoms with Crippen LogP contribution in [0.2, 0.25) is 0 Å². The summed E-state index contributed by atoms with van der Waals surface area (Å²) in [4.78, 5) is 34.2. The largest absolute Gasteiger partial charge is 0.347 e. The number of nitrogens with one attached hydrogen (secondary N) is 1. The predicted octanol–water partition coefficient (Wildman–Crippen LogP) is 1.83. The molecule has 8 nitrogen and oxygen atoms in total. The van der Waals surface area contributed by atoms with Crippen molar-refractivity contribution in [2.45, 2.75) is 13.5 Å². The lowest BCUT2D eigenvalue weighted by Gasteiger charge is -2.34. The Morgan fingerprint density at radius 2 is 1.55 bits per heavy atom. The van der Waals surface area contributed by atoms with Gasteiger partial charge in [-0.3, -0.25) is 4.79 Å². The predicted molar refractivity (Wildman–Crippen MR) is 111 cm³/mol. The smallest absolute Gasteiger partial charge is 0.270 e. The number of piperazine rings is 1. The van der Waals surface area contributed by atoms with Gasteiger partial charge in [-0.05, 0) is 30.2 Å². The van der Waals surface area contributed by atoms with E-state index in [1.807, 2.05) is 37.3 Å². The highest BCUT2D eigenvalue weighted by atomic mass is 16.1. The van der Waals surface area contributed by atoms with E-state index in [1.165, 1.54) is 0 Å². The molecule has 0 radical (unpaired) electrons. The fourth-order valence-corrected chi connectivity index (χ4v) is 3.26. The second-order valence-electron chi connectivity index (χ2n) is 6.87. The lowest BCUT2D eigenvalue weighted by molar-refractivity contribution is 0.0945. The van der Waals surface area contributed by atoms with Crippen LogP contribution in [0.4, 0.5) is 11.9 Å². The first-order chi connectivity index (χ1) is 14.2. The molecule has 8 heteroatoms. The van der Waals surface area contributed by atoms with Gasteiger partial charge < -0.3 is 15.1 Å². The van der Waals surface area contributed by atoms with Gasteiger partial charge in [-0.2, -0.15) is 0 Å². The van der Waals surface area contributed by atoms with Crippen LogP contribution in [-0.4, -0.2) is 52.0 Å². The molecule has 0 saturated carbocycles. The molecule has 0 bridgehead atoms. The van der Waals surface area contributed by atoms with E-state index in [4.69, 9.17) is 0 Å². The van der Waals surface area contributed by atoms with Crippen molar-refractivity contribution < 1.29 is 4.79 Å². The summed E-state index contributed by atoms with van der Waals surface area (Å²) in [6.45, 7) is 5.54. The second kappa shape index (κ2) is 8.64. The van der Waals surface area contributed by atoms with E-state index in [0.717, 1.165) is 43.3 Å². The fraction of sp³-hybridized carbons (Fsp3) is 0.286. The molecule has 1 amide bonds. The van der Waals surface area contributed by atoms with Crippen molar-refractivity contribution >= 4 is 17.8 Å². The Balaban J connectivity index is 1.37. The summed E-state index contributed by atoms with van der Waals surface area (Å²) in [5.74, 6) is 1.10. The number of benzene rings is 1. The van der Waals surface area contributed by atoms with Crippen LogP contribution in [0.1, 0.15) is 21.6 Å². The molecule has 3 heterocycles. The van der Waals surface area contributed by atoms with E-state index in [-0.39, 0.29) is 5.91 Å². The summed E-state index contributed by atoms with van der Waals surface area (Å²) in [5, 5.41) is 2.94. The van der Waals surface area contributed by atoms with Crippen LogP contribution in [0, 0.1) is 6.92 Å². The topological polar surface area (TPSA) is 87.1 Å². The number of anilines is 2. The average molecular weight is 389 g/mol. The van der Waals surface area contributed by atoms with Crippen molar-refractivity contribution in [3.63, 3.8) is 0 Å². The normalized spacial score (nSPS) is 14.0. The quantitative estimate of drug-likeness (QED) is 0.712. The number of carbonyl (C=O) groups is 1. The molecule has 1 N–H and O–H groups in total. The standard InChI is InChI=1S/C21H23N7O/c1-16-5-2-3-6-17(16)15-25-19(29)18-7-10-24-21(26-18)28-13-11-27(12-14-28)20-22-8-4-9-23-20/h2-10H,11-15H2,1H3,(H,25,29). The maximum Gasteiger partial charge on any atom is 0.270 e. The van der Waals surface area contributed by atoms with Gasteiger partial charge in [0.25, 0.3) is 5.91 Å². The van der Waals surface area contributed by atoms with Gasteiger partial charge in [0.15, 0.2) is 0 Å². The fourth-order valence-electron chi connectivity index (χ4n) is 3.26. The third kappa shape index (κ3) is 4.48. The molecule has 1 fully saturated rings. The van der Waals surface area contributed by atoms with Crippen molar-refractivity contribution in [2.75, 3.05) is 36.0 Å². The summed E-state index contributed by atoms with van der Waals surface area (Å²) in [6.07, 6.45) is 5.13. The summed E-state index contributed by atoms with van der Waals surface area (Å²) in [7, 11) is 0. The molecule has 0 unspecified atom stereocenters. The third-order valence-corrected chi connectivity index (χ3v) is 4.97. The van der Waals surface area contributed by atoms with Gasteiger partial charge in [0.2, 0.25) is 11.9 Å². The Morgan fingerprint density at radius 3 is 2.28 bits per heavy atom. The maximum absolute atomic E-state index is 12.6. The van der Waals surface area contributed by atoms with Crippen LogP contribution in [0.5, 0.6) is 0 Å². The first kappa shape index (κ1) is 18.8. The number of amides is 1. The zero-order chi connectivity index (χ0) is 20.1. The number of hydrogen-bond donors (Lipinski definition) is 1. The van der Waals surface area contributed by atoms with Crippen LogP contribution < -0.4 is 15.1 Å². The van der Waals surface area contributed by atoms with E-state index in [9.17, 15) is 4.79 Å². The van der Waals surface area contributed by atoms with E-state index < -0.39 is 0 Å². The van der Waals surface area contributed by atoms with E-state index in [1.54, 1.807) is 24.7 Å². The maximum atomic E-state index is 12.6. The van der Waals surface area contributed by atoms with Crippen molar-refractivity contribution in [1.29, 1.82) is 0 Å². The Bertz CT molecular complexity index is 972. The van der Waals surface area contributed by atoms with E-state index in [0.29, 0.717) is 18.2 Å². The minimum absolute atomic E-state index is 0.201. The van der Waals surface area contributed by atoms with Crippen LogP contribution >= 0.6 is 0 Å². The van der Waals surface area contributed by atoms with Crippen molar-refractivity contribution in [3.8, 4) is 0 Å². The zero-order valence-electron chi connectivity index (χ0n) is 16.3. The summed E-state index contributed by atoms with van der Waals surface area (Å²) >= 11 is 0. The van der Waals surface area contributed by atoms with Crippen LogP contribution in [0.25, 0.3) is 0 Å². The minimum atomic E-state index is -0.201. The Hall–Kier alpha value is -3.55. The highest BCUT2D eigenvalue weighted by Crippen LogP contribution is 2.14. The molecular weight excluding hydrogens is 366 g/mol. The molecule has 0 atom stereocenters. The molecule has 29 heavy (non-hydrogen) atoms. The molecule has 0 aliphatic carbocycles. The molecule has 1 aromatic carbocycles. The summed E-state index contributed by atoms with van der Waals surface area (Å²) in [6, 6.07) is 11.5. The number of nitrogens with zero attached hydrogens (tertiary/aromatic N) is 6. The van der Waals surface area contributed by atoms with Gasteiger partial charge in [-0.25, -0.2) is 19.9 Å². The molecule has 4 rings (SSSR count). The average Bonchev–Trinajstić information content (AvgIpc) is 2.79. The molecule has 148 valence electrons. The van der Waals surface area contributed by atoms with Gasteiger partial charge in [0.05, 0.1) is 0 Å². The second-order valence-corrected chi connectivity index (χ2v) is 6.87. The van der Waals surface area contributed by atoms with Crippen LogP contribution in [-0.2, 0) is 6.54 Å².